The van der Waals surface area contributed by atoms with Crippen molar-refractivity contribution >= 4 is 11.4 Å². The second kappa shape index (κ2) is 7.08. The van der Waals surface area contributed by atoms with E-state index >= 15 is 0 Å². The number of nitrogens with one attached hydrogen (secondary N) is 1. The van der Waals surface area contributed by atoms with Crippen LogP contribution in [0.5, 0.6) is 0 Å². The molecule has 0 aromatic carbocycles. The van der Waals surface area contributed by atoms with Gasteiger partial charge in [0.2, 0.25) is 0 Å². The molecule has 6 rings (SSSR count). The molecule has 0 saturated heterocycles. The van der Waals surface area contributed by atoms with Gasteiger partial charge in [-0.05, 0) is 25.1 Å². The number of hydrogen-bond acceptors (Lipinski definition) is 7. The largest absolute Gasteiger partial charge is 0.412 e. The molecule has 1 aliphatic rings. The number of aromatic amines is 1. The Labute approximate surface area is 185 Å². The lowest BCUT2D eigenvalue weighted by molar-refractivity contribution is 0.0646. The minimum Gasteiger partial charge on any atom is -0.412 e. The summed E-state index contributed by atoms with van der Waals surface area (Å²) in [6, 6.07) is 3.93. The van der Waals surface area contributed by atoms with E-state index in [1.807, 2.05) is 6.92 Å². The molecule has 1 N–H and O–H groups in total. The number of carbonyl (C=O) groups excluding carboxylic acids is 1. The number of halogens is 1. The quantitative estimate of drug-likeness (QED) is 0.449. The van der Waals surface area contributed by atoms with Crippen molar-refractivity contribution in [3.8, 4) is 11.5 Å². The molecule has 0 fully saturated rings. The minimum atomic E-state index is -0.637. The molecule has 166 valence electrons. The van der Waals surface area contributed by atoms with E-state index in [0.29, 0.717) is 35.4 Å². The molecule has 1 amide bonds. The Hall–Kier alpha value is -4.35. The second-order valence-electron chi connectivity index (χ2n) is 7.85. The maximum Gasteiger partial charge on any atom is 0.312 e. The summed E-state index contributed by atoms with van der Waals surface area (Å²) >= 11 is 0. The predicted octanol–water partition coefficient (Wildman–Crippen LogP) is 2.08. The van der Waals surface area contributed by atoms with Crippen LogP contribution >= 0.6 is 0 Å². The van der Waals surface area contributed by atoms with Gasteiger partial charge < -0.3 is 14.3 Å². The standard InChI is InChI=1S/C21H18FN9O2/c1-11-12(9-25-29(11)2)19-26-27-20(33-19)21(32)30-7-5-14-17(24-10-23-14)18(30)15-8-16-13(22)4-3-6-31(16)28-15/h3-4,6,8-10,18H,5,7H2,1-2H3,(H,23,24)/t18-/m1/s1. The Kier molecular flexibility index (Phi) is 4.15. The van der Waals surface area contributed by atoms with Crippen LogP contribution in [0, 0.1) is 12.7 Å². The van der Waals surface area contributed by atoms with Gasteiger partial charge >= 0.3 is 11.8 Å². The first kappa shape index (κ1) is 19.3. The summed E-state index contributed by atoms with van der Waals surface area (Å²) in [6.07, 6.45) is 5.42. The van der Waals surface area contributed by atoms with Crippen LogP contribution in [0.25, 0.3) is 17.0 Å². The second-order valence-corrected chi connectivity index (χ2v) is 7.85. The molecule has 0 aliphatic carbocycles. The molecule has 0 saturated carbocycles. The lowest BCUT2D eigenvalue weighted by Crippen LogP contribution is -2.41. The van der Waals surface area contributed by atoms with Crippen LogP contribution in [-0.2, 0) is 13.5 Å². The number of rotatable bonds is 3. The van der Waals surface area contributed by atoms with Crippen molar-refractivity contribution < 1.29 is 13.6 Å². The first-order valence-electron chi connectivity index (χ1n) is 10.3. The van der Waals surface area contributed by atoms with Crippen molar-refractivity contribution in [2.75, 3.05) is 6.54 Å². The number of aryl methyl sites for hydroxylation is 1. The summed E-state index contributed by atoms with van der Waals surface area (Å²) in [5.41, 5.74) is 3.85. The van der Waals surface area contributed by atoms with E-state index in [1.54, 1.807) is 47.5 Å². The first-order chi connectivity index (χ1) is 16.0. The fourth-order valence-corrected chi connectivity index (χ4v) is 4.18. The summed E-state index contributed by atoms with van der Waals surface area (Å²) < 4.78 is 23.2. The Morgan fingerprint density at radius 2 is 2.21 bits per heavy atom. The number of carbonyl (C=O) groups is 1. The molecule has 1 atom stereocenters. The zero-order valence-corrected chi connectivity index (χ0v) is 17.7. The van der Waals surface area contributed by atoms with E-state index < -0.39 is 17.8 Å². The maximum atomic E-state index is 14.3. The monoisotopic (exact) mass is 447 g/mol. The van der Waals surface area contributed by atoms with Gasteiger partial charge in [-0.25, -0.2) is 13.9 Å². The van der Waals surface area contributed by atoms with Crippen molar-refractivity contribution in [3.63, 3.8) is 0 Å². The Morgan fingerprint density at radius 3 is 3.00 bits per heavy atom. The Balaban J connectivity index is 1.41. The molecule has 0 bridgehead atoms. The summed E-state index contributed by atoms with van der Waals surface area (Å²) in [6.45, 7) is 2.25. The average Bonchev–Trinajstić information content (AvgIpc) is 3.60. The third-order valence-electron chi connectivity index (χ3n) is 6.01. The van der Waals surface area contributed by atoms with E-state index in [2.05, 4.69) is 30.4 Å². The zero-order chi connectivity index (χ0) is 22.7. The number of imidazole rings is 1. The number of hydrogen-bond donors (Lipinski definition) is 1. The van der Waals surface area contributed by atoms with Crippen LogP contribution < -0.4 is 0 Å². The lowest BCUT2D eigenvalue weighted by atomic mass is 9.99. The summed E-state index contributed by atoms with van der Waals surface area (Å²) in [5.74, 6) is -0.785. The van der Waals surface area contributed by atoms with Gasteiger partial charge in [-0.1, -0.05) is 0 Å². The minimum absolute atomic E-state index is 0.146. The summed E-state index contributed by atoms with van der Waals surface area (Å²) in [5, 5.41) is 16.7. The van der Waals surface area contributed by atoms with E-state index in [-0.39, 0.29) is 11.8 Å². The molecule has 0 radical (unpaired) electrons. The van der Waals surface area contributed by atoms with Gasteiger partial charge in [0.05, 0.1) is 29.5 Å². The van der Waals surface area contributed by atoms with Crippen LogP contribution in [-0.4, -0.2) is 56.9 Å². The van der Waals surface area contributed by atoms with Crippen molar-refractivity contribution in [2.45, 2.75) is 19.4 Å². The number of H-pyrrole nitrogens is 1. The number of nitrogens with zero attached hydrogens (tertiary/aromatic N) is 8. The van der Waals surface area contributed by atoms with Gasteiger partial charge in [0, 0.05) is 37.6 Å². The SMILES string of the molecule is Cc1c(-c2nnc(C(=O)N3CCc4[nH]cnc4[C@H]3c3cc4c(F)cccn4n3)o2)cnn1C. The normalized spacial score (nSPS) is 15.8. The first-order valence-corrected chi connectivity index (χ1v) is 10.3. The van der Waals surface area contributed by atoms with Gasteiger partial charge in [0.25, 0.3) is 5.89 Å². The summed E-state index contributed by atoms with van der Waals surface area (Å²) in [7, 11) is 1.80. The number of pyridine rings is 1. The fourth-order valence-electron chi connectivity index (χ4n) is 4.18. The van der Waals surface area contributed by atoms with Crippen LogP contribution in [0.15, 0.2) is 41.3 Å². The lowest BCUT2D eigenvalue weighted by Gasteiger charge is -2.32. The van der Waals surface area contributed by atoms with E-state index in [4.69, 9.17) is 4.42 Å². The molecule has 1 aliphatic heterocycles. The Morgan fingerprint density at radius 1 is 1.33 bits per heavy atom. The smallest absolute Gasteiger partial charge is 0.312 e. The van der Waals surface area contributed by atoms with Crippen LogP contribution in [0.1, 0.15) is 39.5 Å². The highest BCUT2D eigenvalue weighted by molar-refractivity contribution is 5.90. The van der Waals surface area contributed by atoms with E-state index in [0.717, 1.165) is 11.4 Å². The maximum absolute atomic E-state index is 14.3. The van der Waals surface area contributed by atoms with Crippen molar-refractivity contribution in [1.82, 2.24) is 44.5 Å². The molecule has 0 unspecified atom stereocenters. The van der Waals surface area contributed by atoms with Crippen molar-refractivity contribution in [3.05, 3.63) is 71.4 Å². The van der Waals surface area contributed by atoms with Gasteiger partial charge in [-0.3, -0.25) is 9.48 Å². The topological polar surface area (TPSA) is 123 Å². The third kappa shape index (κ3) is 2.94. The van der Waals surface area contributed by atoms with Crippen molar-refractivity contribution in [2.24, 2.45) is 7.05 Å². The highest BCUT2D eigenvalue weighted by Crippen LogP contribution is 2.34. The van der Waals surface area contributed by atoms with Gasteiger partial charge in [0.15, 0.2) is 0 Å². The average molecular weight is 447 g/mol. The molecule has 5 aromatic rings. The fraction of sp³-hybridized carbons (Fsp3) is 0.238. The van der Waals surface area contributed by atoms with E-state index in [9.17, 15) is 9.18 Å². The predicted molar refractivity (Wildman–Crippen MR) is 112 cm³/mol. The Bertz CT molecular complexity index is 1510. The molecular weight excluding hydrogens is 429 g/mol. The van der Waals surface area contributed by atoms with Crippen LogP contribution in [0.2, 0.25) is 0 Å². The third-order valence-corrected chi connectivity index (χ3v) is 6.01. The molecule has 0 spiro atoms. The van der Waals surface area contributed by atoms with Crippen molar-refractivity contribution in [1.29, 1.82) is 0 Å². The van der Waals surface area contributed by atoms with Crippen LogP contribution in [0.3, 0.4) is 0 Å². The number of aromatic nitrogens is 8. The molecule has 5 aromatic heterocycles. The number of fused-ring (bicyclic) bond motifs is 2. The zero-order valence-electron chi connectivity index (χ0n) is 17.7. The summed E-state index contributed by atoms with van der Waals surface area (Å²) in [4.78, 5) is 22.6. The van der Waals surface area contributed by atoms with Gasteiger partial charge in [-0.15, -0.1) is 10.2 Å². The molecular formula is C21H18FN9O2. The number of amides is 1. The molecule has 12 heteroatoms. The van der Waals surface area contributed by atoms with Gasteiger partial charge in [0.1, 0.15) is 17.4 Å². The molecule has 33 heavy (non-hydrogen) atoms. The van der Waals surface area contributed by atoms with E-state index in [1.165, 1.54) is 10.6 Å². The highest BCUT2D eigenvalue weighted by atomic mass is 19.1. The molecule has 6 heterocycles. The highest BCUT2D eigenvalue weighted by Gasteiger charge is 2.38. The van der Waals surface area contributed by atoms with Crippen LogP contribution in [0.4, 0.5) is 4.39 Å². The van der Waals surface area contributed by atoms with Gasteiger partial charge in [-0.2, -0.15) is 10.2 Å². The molecule has 11 nitrogen and oxygen atoms in total.